The highest BCUT2D eigenvalue weighted by atomic mass is 32.1. The van der Waals surface area contributed by atoms with Crippen LogP contribution < -0.4 is 10.6 Å². The average molecular weight is 406 g/mol. The first-order chi connectivity index (χ1) is 12.8. The minimum absolute atomic E-state index is 0.111. The molecule has 0 atom stereocenters. The standard InChI is InChI=1S/C16H25F3N6OS/c1-12(26)25-9-7-24(8-10-25)6-5-22-15(20-2)21-4-3-14-23-13(11-27-14)16(17,18)19/h11H,3-10H2,1-2H3,(H2,20,21,22). The van der Waals surface area contributed by atoms with Crippen molar-refractivity contribution < 1.29 is 18.0 Å². The lowest BCUT2D eigenvalue weighted by Crippen LogP contribution is -2.50. The van der Waals surface area contributed by atoms with Gasteiger partial charge in [-0.2, -0.15) is 13.2 Å². The van der Waals surface area contributed by atoms with Crippen LogP contribution in [0.15, 0.2) is 10.4 Å². The Morgan fingerprint density at radius 1 is 1.26 bits per heavy atom. The third kappa shape index (κ3) is 6.98. The van der Waals surface area contributed by atoms with Crippen molar-refractivity contribution in [3.8, 4) is 0 Å². The van der Waals surface area contributed by atoms with Gasteiger partial charge in [-0.15, -0.1) is 11.3 Å². The Bertz CT molecular complexity index is 640. The molecule has 1 aromatic rings. The number of carbonyl (C=O) groups excluding carboxylic acids is 1. The van der Waals surface area contributed by atoms with E-state index < -0.39 is 11.9 Å². The summed E-state index contributed by atoms with van der Waals surface area (Å²) in [5, 5.41) is 7.74. The maximum absolute atomic E-state index is 12.5. The van der Waals surface area contributed by atoms with Crippen LogP contribution in [0, 0.1) is 0 Å². The lowest BCUT2D eigenvalue weighted by molar-refractivity contribution is -0.140. The summed E-state index contributed by atoms with van der Waals surface area (Å²) >= 11 is 1.01. The molecule has 2 rings (SSSR count). The number of amides is 1. The van der Waals surface area contributed by atoms with Crippen molar-refractivity contribution in [1.82, 2.24) is 25.4 Å². The molecule has 1 aromatic heterocycles. The highest BCUT2D eigenvalue weighted by Gasteiger charge is 2.33. The Hall–Kier alpha value is -1.88. The third-order valence-corrected chi connectivity index (χ3v) is 5.14. The van der Waals surface area contributed by atoms with Gasteiger partial charge in [0.1, 0.15) is 0 Å². The average Bonchev–Trinajstić information content (AvgIpc) is 3.10. The number of hydrogen-bond acceptors (Lipinski definition) is 5. The van der Waals surface area contributed by atoms with Crippen LogP contribution in [0.25, 0.3) is 0 Å². The molecule has 2 N–H and O–H groups in total. The predicted molar refractivity (Wildman–Crippen MR) is 98.9 cm³/mol. The van der Waals surface area contributed by atoms with Crippen LogP contribution in [0.2, 0.25) is 0 Å². The summed E-state index contributed by atoms with van der Waals surface area (Å²) < 4.78 is 37.6. The summed E-state index contributed by atoms with van der Waals surface area (Å²) in [6, 6.07) is 0. The zero-order valence-corrected chi connectivity index (χ0v) is 16.3. The number of piperazine rings is 1. The second-order valence-corrected chi connectivity index (χ2v) is 7.09. The minimum Gasteiger partial charge on any atom is -0.356 e. The number of thiazole rings is 1. The molecular weight excluding hydrogens is 381 g/mol. The van der Waals surface area contributed by atoms with E-state index in [1.807, 2.05) is 4.90 Å². The topological polar surface area (TPSA) is 72.9 Å². The highest BCUT2D eigenvalue weighted by Crippen LogP contribution is 2.29. The van der Waals surface area contributed by atoms with E-state index in [9.17, 15) is 18.0 Å². The van der Waals surface area contributed by atoms with Crippen molar-refractivity contribution in [1.29, 1.82) is 0 Å². The van der Waals surface area contributed by atoms with E-state index in [-0.39, 0.29) is 5.91 Å². The van der Waals surface area contributed by atoms with E-state index in [1.54, 1.807) is 14.0 Å². The number of aromatic nitrogens is 1. The van der Waals surface area contributed by atoms with E-state index in [2.05, 4.69) is 25.5 Å². The fourth-order valence-electron chi connectivity index (χ4n) is 2.68. The van der Waals surface area contributed by atoms with Crippen LogP contribution in [0.1, 0.15) is 17.6 Å². The lowest BCUT2D eigenvalue weighted by atomic mass is 10.3. The molecule has 1 aliphatic heterocycles. The Kier molecular flexibility index (Phi) is 7.84. The third-order valence-electron chi connectivity index (χ3n) is 4.24. The summed E-state index contributed by atoms with van der Waals surface area (Å²) in [5.74, 6) is 0.713. The quantitative estimate of drug-likeness (QED) is 0.546. The molecule has 27 heavy (non-hydrogen) atoms. The lowest BCUT2D eigenvalue weighted by Gasteiger charge is -2.34. The van der Waals surface area contributed by atoms with Crippen LogP contribution in [0.4, 0.5) is 13.2 Å². The van der Waals surface area contributed by atoms with E-state index in [4.69, 9.17) is 0 Å². The molecule has 0 aromatic carbocycles. The molecule has 0 saturated carbocycles. The van der Waals surface area contributed by atoms with Crippen LogP contribution >= 0.6 is 11.3 Å². The SMILES string of the molecule is CN=C(NCCc1nc(C(F)(F)F)cs1)NCCN1CCN(C(C)=O)CC1. The molecule has 0 spiro atoms. The van der Waals surface area contributed by atoms with Gasteiger partial charge in [0.15, 0.2) is 11.7 Å². The van der Waals surface area contributed by atoms with Crippen molar-refractivity contribution >= 4 is 23.2 Å². The Labute approximate surface area is 160 Å². The number of aliphatic imine (C=N–C) groups is 1. The molecule has 1 fully saturated rings. The van der Waals surface area contributed by atoms with E-state index in [0.717, 1.165) is 49.4 Å². The first-order valence-electron chi connectivity index (χ1n) is 8.73. The zero-order valence-electron chi connectivity index (χ0n) is 15.5. The Morgan fingerprint density at radius 2 is 1.93 bits per heavy atom. The van der Waals surface area contributed by atoms with Crippen LogP contribution in [0.5, 0.6) is 0 Å². The molecule has 0 bridgehead atoms. The number of hydrogen-bond donors (Lipinski definition) is 2. The first kappa shape index (κ1) is 21.4. The molecule has 7 nitrogen and oxygen atoms in total. The molecule has 1 saturated heterocycles. The van der Waals surface area contributed by atoms with Gasteiger partial charge in [-0.05, 0) is 0 Å². The van der Waals surface area contributed by atoms with Gasteiger partial charge in [0.05, 0.1) is 5.01 Å². The number of nitrogens with one attached hydrogen (secondary N) is 2. The Balaban J connectivity index is 1.63. The first-order valence-corrected chi connectivity index (χ1v) is 9.61. The largest absolute Gasteiger partial charge is 0.434 e. The van der Waals surface area contributed by atoms with Crippen LogP contribution in [-0.4, -0.2) is 79.5 Å². The van der Waals surface area contributed by atoms with Crippen molar-refractivity contribution in [2.75, 3.05) is 52.9 Å². The van der Waals surface area contributed by atoms with E-state index in [1.165, 1.54) is 0 Å². The molecule has 0 aliphatic carbocycles. The van der Waals surface area contributed by atoms with Crippen molar-refractivity contribution in [3.63, 3.8) is 0 Å². The maximum Gasteiger partial charge on any atom is 0.434 e. The van der Waals surface area contributed by atoms with Crippen LogP contribution in [-0.2, 0) is 17.4 Å². The number of guanidine groups is 1. The van der Waals surface area contributed by atoms with Crippen molar-refractivity contribution in [2.24, 2.45) is 4.99 Å². The molecule has 0 radical (unpaired) electrons. The van der Waals surface area contributed by atoms with Gasteiger partial charge in [0.2, 0.25) is 5.91 Å². The second kappa shape index (κ2) is 9.88. The molecule has 0 unspecified atom stereocenters. The maximum atomic E-state index is 12.5. The zero-order chi connectivity index (χ0) is 19.9. The summed E-state index contributed by atoms with van der Waals surface area (Å²) in [5.41, 5.74) is -0.838. The monoisotopic (exact) mass is 406 g/mol. The molecule has 11 heteroatoms. The van der Waals surface area contributed by atoms with Gasteiger partial charge < -0.3 is 15.5 Å². The molecule has 1 aliphatic rings. The summed E-state index contributed by atoms with van der Waals surface area (Å²) in [6.45, 7) is 6.73. The van der Waals surface area contributed by atoms with Gasteiger partial charge >= 0.3 is 6.18 Å². The second-order valence-electron chi connectivity index (χ2n) is 6.15. The molecule has 2 heterocycles. The predicted octanol–water partition coefficient (Wildman–Crippen LogP) is 1.03. The molecule has 152 valence electrons. The normalized spacial score (nSPS) is 16.5. The van der Waals surface area contributed by atoms with Gasteiger partial charge in [0, 0.05) is 71.6 Å². The smallest absolute Gasteiger partial charge is 0.356 e. The summed E-state index contributed by atoms with van der Waals surface area (Å²) in [7, 11) is 1.64. The highest BCUT2D eigenvalue weighted by molar-refractivity contribution is 7.09. The van der Waals surface area contributed by atoms with Crippen LogP contribution in [0.3, 0.4) is 0 Å². The molecular formula is C16H25F3N6OS. The van der Waals surface area contributed by atoms with Crippen molar-refractivity contribution in [3.05, 3.63) is 16.1 Å². The number of rotatable bonds is 6. The van der Waals surface area contributed by atoms with Gasteiger partial charge in [-0.25, -0.2) is 4.98 Å². The minimum atomic E-state index is -4.39. The summed E-state index contributed by atoms with van der Waals surface area (Å²) in [4.78, 5) is 23.1. The Morgan fingerprint density at radius 3 is 2.48 bits per heavy atom. The number of carbonyl (C=O) groups is 1. The van der Waals surface area contributed by atoms with Gasteiger partial charge in [-0.1, -0.05) is 0 Å². The molecule has 1 amide bonds. The number of nitrogens with zero attached hydrogens (tertiary/aromatic N) is 4. The fourth-order valence-corrected chi connectivity index (χ4v) is 3.49. The fraction of sp³-hybridized carbons (Fsp3) is 0.688. The van der Waals surface area contributed by atoms with E-state index >= 15 is 0 Å². The van der Waals surface area contributed by atoms with E-state index in [0.29, 0.717) is 30.5 Å². The van der Waals surface area contributed by atoms with Crippen molar-refractivity contribution in [2.45, 2.75) is 19.5 Å². The number of halogens is 3. The van der Waals surface area contributed by atoms with Gasteiger partial charge in [-0.3, -0.25) is 14.7 Å². The number of alkyl halides is 3. The van der Waals surface area contributed by atoms with Gasteiger partial charge in [0.25, 0.3) is 0 Å². The summed E-state index contributed by atoms with van der Waals surface area (Å²) in [6.07, 6.45) is -4.00.